The van der Waals surface area contributed by atoms with Crippen LogP contribution in [0.4, 0.5) is 11.8 Å². The normalized spacial score (nSPS) is 14.0. The van der Waals surface area contributed by atoms with Crippen molar-refractivity contribution >= 4 is 30.0 Å². The summed E-state index contributed by atoms with van der Waals surface area (Å²) in [5.41, 5.74) is 17.1. The summed E-state index contributed by atoms with van der Waals surface area (Å²) in [6, 6.07) is 20.3. The number of amides is 1. The summed E-state index contributed by atoms with van der Waals surface area (Å²) in [5, 5.41) is 15.2. The van der Waals surface area contributed by atoms with E-state index in [1.807, 2.05) is 48.5 Å². The monoisotopic (exact) mass is 545 g/mol. The third kappa shape index (κ3) is 5.55. The molecule has 41 heavy (non-hydrogen) atoms. The number of carbonyl (C=O) groups is 1. The molecular formula is C31H27N7O3. The van der Waals surface area contributed by atoms with Crippen molar-refractivity contribution in [3.63, 3.8) is 0 Å². The Bertz CT molecular complexity index is 1710. The predicted molar refractivity (Wildman–Crippen MR) is 156 cm³/mol. The van der Waals surface area contributed by atoms with Gasteiger partial charge in [-0.25, -0.2) is 9.99 Å². The van der Waals surface area contributed by atoms with Crippen LogP contribution in [0, 0.1) is 11.3 Å². The molecule has 3 aromatic carbocycles. The Morgan fingerprint density at radius 2 is 1.88 bits per heavy atom. The molecule has 10 nitrogen and oxygen atoms in total. The maximum atomic E-state index is 13.7. The summed E-state index contributed by atoms with van der Waals surface area (Å²) < 4.78 is 11.2. The van der Waals surface area contributed by atoms with Crippen molar-refractivity contribution in [2.24, 2.45) is 5.10 Å². The molecule has 4 N–H and O–H groups in total. The summed E-state index contributed by atoms with van der Waals surface area (Å²) in [7, 11) is 3.08. The predicted octanol–water partition coefficient (Wildman–Crippen LogP) is 4.10. The molecular weight excluding hydrogens is 518 g/mol. The molecule has 0 spiro atoms. The maximum absolute atomic E-state index is 13.7. The van der Waals surface area contributed by atoms with Crippen molar-refractivity contribution < 1.29 is 14.3 Å². The van der Waals surface area contributed by atoms with Gasteiger partial charge in [0.05, 0.1) is 32.1 Å². The highest BCUT2D eigenvalue weighted by molar-refractivity contribution is 5.95. The molecule has 1 amide bonds. The van der Waals surface area contributed by atoms with E-state index in [4.69, 9.17) is 20.9 Å². The van der Waals surface area contributed by atoms with E-state index in [1.165, 1.54) is 18.2 Å². The first-order valence-electron chi connectivity index (χ1n) is 12.7. The first-order chi connectivity index (χ1) is 19.9. The van der Waals surface area contributed by atoms with Crippen molar-refractivity contribution in [3.8, 4) is 17.6 Å². The number of hydrogen-bond donors (Lipinski definition) is 2. The third-order valence-electron chi connectivity index (χ3n) is 6.72. The zero-order chi connectivity index (χ0) is 28.9. The van der Waals surface area contributed by atoms with Crippen molar-refractivity contribution in [1.82, 2.24) is 15.0 Å². The Morgan fingerprint density at radius 3 is 2.59 bits per heavy atom. The van der Waals surface area contributed by atoms with Gasteiger partial charge in [-0.1, -0.05) is 36.4 Å². The number of ether oxygens (including phenoxy) is 2. The van der Waals surface area contributed by atoms with Gasteiger partial charge in [0, 0.05) is 35.4 Å². The van der Waals surface area contributed by atoms with Gasteiger partial charge in [-0.2, -0.15) is 15.3 Å². The van der Waals surface area contributed by atoms with Gasteiger partial charge in [0.1, 0.15) is 11.9 Å². The number of nitrogens with zero attached hydrogens (tertiary/aromatic N) is 5. The van der Waals surface area contributed by atoms with Crippen molar-refractivity contribution in [2.75, 3.05) is 25.7 Å². The lowest BCUT2D eigenvalue weighted by atomic mass is 9.92. The van der Waals surface area contributed by atoms with E-state index in [0.717, 1.165) is 22.3 Å². The quantitative estimate of drug-likeness (QED) is 0.329. The molecule has 1 aliphatic heterocycles. The standard InChI is InChI=1S/C31H27N7O3/c1-40-26-15-20(14-24-17-35-31(34)37-30(24)33)13-22(29(26)41-2)11-12-27(39)38-28(21-9-7-19(16-32)8-10-21)25-6-4-3-5-23(25)18-36-38/h3-13,15,17-18,28H,14H2,1-2H3,(H4,33,34,35,37). The van der Waals surface area contributed by atoms with E-state index >= 15 is 0 Å². The van der Waals surface area contributed by atoms with E-state index in [0.29, 0.717) is 34.6 Å². The van der Waals surface area contributed by atoms with Gasteiger partial charge in [-0.15, -0.1) is 0 Å². The molecule has 204 valence electrons. The first kappa shape index (κ1) is 26.9. The number of nitrogens with two attached hydrogens (primary N) is 2. The smallest absolute Gasteiger partial charge is 0.267 e. The molecule has 1 atom stereocenters. The Balaban J connectivity index is 1.49. The Kier molecular flexibility index (Phi) is 7.60. The minimum absolute atomic E-state index is 0.100. The molecule has 5 rings (SSSR count). The van der Waals surface area contributed by atoms with E-state index < -0.39 is 6.04 Å². The lowest BCUT2D eigenvalue weighted by molar-refractivity contribution is -0.127. The number of methoxy groups -OCH3 is 2. The molecule has 10 heteroatoms. The molecule has 0 saturated heterocycles. The molecule has 2 heterocycles. The van der Waals surface area contributed by atoms with Crippen LogP contribution in [0.1, 0.15) is 45.0 Å². The van der Waals surface area contributed by atoms with E-state index in [2.05, 4.69) is 21.1 Å². The number of fused-ring (bicyclic) bond motifs is 1. The average Bonchev–Trinajstić information content (AvgIpc) is 3.00. The van der Waals surface area contributed by atoms with Crippen molar-refractivity contribution in [2.45, 2.75) is 12.5 Å². The summed E-state index contributed by atoms with van der Waals surface area (Å²) >= 11 is 0. The number of carbonyl (C=O) groups excluding carboxylic acids is 1. The van der Waals surface area contributed by atoms with Crippen LogP contribution >= 0.6 is 0 Å². The second-order valence-corrected chi connectivity index (χ2v) is 9.26. The van der Waals surface area contributed by atoms with Gasteiger partial charge in [-0.3, -0.25) is 4.79 Å². The second-order valence-electron chi connectivity index (χ2n) is 9.26. The average molecular weight is 546 g/mol. The van der Waals surface area contributed by atoms with Gasteiger partial charge >= 0.3 is 0 Å². The van der Waals surface area contributed by atoms with Crippen LogP contribution in [-0.4, -0.2) is 41.3 Å². The lowest BCUT2D eigenvalue weighted by Crippen LogP contribution is -2.33. The van der Waals surface area contributed by atoms with Crippen LogP contribution < -0.4 is 20.9 Å². The van der Waals surface area contributed by atoms with Gasteiger partial charge in [0.2, 0.25) is 5.95 Å². The van der Waals surface area contributed by atoms with Crippen LogP contribution in [0.15, 0.2) is 78.0 Å². The Labute approximate surface area is 237 Å². The molecule has 0 bridgehead atoms. The molecule has 1 aliphatic rings. The van der Waals surface area contributed by atoms with Crippen molar-refractivity contribution in [3.05, 3.63) is 112 Å². The lowest BCUT2D eigenvalue weighted by Gasteiger charge is -2.31. The number of aromatic nitrogens is 2. The third-order valence-corrected chi connectivity index (χ3v) is 6.72. The molecule has 4 aromatic rings. The van der Waals surface area contributed by atoms with Crippen LogP contribution in [0.5, 0.6) is 11.5 Å². The molecule has 1 unspecified atom stereocenters. The fourth-order valence-electron chi connectivity index (χ4n) is 4.75. The van der Waals surface area contributed by atoms with Gasteiger partial charge in [-0.05, 0) is 47.0 Å². The largest absolute Gasteiger partial charge is 0.493 e. The molecule has 1 aromatic heterocycles. The second kappa shape index (κ2) is 11.6. The summed E-state index contributed by atoms with van der Waals surface area (Å²) in [6.07, 6.45) is 6.79. The minimum Gasteiger partial charge on any atom is -0.493 e. The number of rotatable bonds is 7. The van der Waals surface area contributed by atoms with Crippen molar-refractivity contribution in [1.29, 1.82) is 5.26 Å². The van der Waals surface area contributed by atoms with Crippen LogP contribution in [0.3, 0.4) is 0 Å². The first-order valence-corrected chi connectivity index (χ1v) is 12.7. The maximum Gasteiger partial charge on any atom is 0.267 e. The van der Waals surface area contributed by atoms with E-state index in [9.17, 15) is 10.1 Å². The summed E-state index contributed by atoms with van der Waals surface area (Å²) in [5.74, 6) is 1.01. The zero-order valence-electron chi connectivity index (χ0n) is 22.5. The summed E-state index contributed by atoms with van der Waals surface area (Å²) in [4.78, 5) is 21.7. The van der Waals surface area contributed by atoms with Crippen LogP contribution in [-0.2, 0) is 11.2 Å². The van der Waals surface area contributed by atoms with Gasteiger partial charge in [0.25, 0.3) is 5.91 Å². The molecule has 0 aliphatic carbocycles. The molecule has 0 radical (unpaired) electrons. The number of hydrogen-bond acceptors (Lipinski definition) is 9. The number of nitriles is 1. The fourth-order valence-corrected chi connectivity index (χ4v) is 4.75. The number of nitrogen functional groups attached to an aromatic ring is 2. The van der Waals surface area contributed by atoms with Gasteiger partial charge in [0.15, 0.2) is 11.5 Å². The molecule has 0 fully saturated rings. The van der Waals surface area contributed by atoms with E-state index in [1.54, 1.807) is 37.7 Å². The zero-order valence-corrected chi connectivity index (χ0v) is 22.5. The summed E-state index contributed by atoms with van der Waals surface area (Å²) in [6.45, 7) is 0. The Morgan fingerprint density at radius 1 is 1.10 bits per heavy atom. The number of benzene rings is 3. The SMILES string of the molecule is COc1cc(Cc2cnc(N)nc2N)cc(C=CC(=O)N2N=Cc3ccccc3C2c2ccc(C#N)cc2)c1OC. The van der Waals surface area contributed by atoms with Crippen LogP contribution in [0.25, 0.3) is 6.08 Å². The topological polar surface area (TPSA) is 153 Å². The van der Waals surface area contributed by atoms with Gasteiger partial charge < -0.3 is 20.9 Å². The van der Waals surface area contributed by atoms with Crippen LogP contribution in [0.2, 0.25) is 0 Å². The Hall–Kier alpha value is -5.69. The number of anilines is 2. The fraction of sp³-hybridized carbons (Fsp3) is 0.129. The highest BCUT2D eigenvalue weighted by Crippen LogP contribution is 2.36. The number of hydrazone groups is 1. The molecule has 0 saturated carbocycles. The highest BCUT2D eigenvalue weighted by atomic mass is 16.5. The minimum atomic E-state index is -0.475. The van der Waals surface area contributed by atoms with E-state index in [-0.39, 0.29) is 17.7 Å². The highest BCUT2D eigenvalue weighted by Gasteiger charge is 2.30.